The van der Waals surface area contributed by atoms with Gasteiger partial charge in [0.15, 0.2) is 5.69 Å². The molecule has 1 N–H and O–H groups in total. The van der Waals surface area contributed by atoms with Gasteiger partial charge in [-0.25, -0.2) is 14.4 Å². The zero-order chi connectivity index (χ0) is 18.0. The van der Waals surface area contributed by atoms with E-state index < -0.39 is 5.91 Å². The number of rotatable bonds is 4. The Hall–Kier alpha value is -3.02. The number of anilines is 1. The maximum Gasteiger partial charge on any atom is 0.279 e. The van der Waals surface area contributed by atoms with Crippen molar-refractivity contribution < 1.29 is 13.9 Å². The van der Waals surface area contributed by atoms with Crippen molar-refractivity contribution in [3.63, 3.8) is 0 Å². The number of aryl methyl sites for hydroxylation is 2. The van der Waals surface area contributed by atoms with Gasteiger partial charge in [0.05, 0.1) is 17.6 Å². The molecule has 0 atom stereocenters. The summed E-state index contributed by atoms with van der Waals surface area (Å²) in [6, 6.07) is 9.32. The molecule has 3 rings (SSSR count). The van der Waals surface area contributed by atoms with Gasteiger partial charge in [-0.1, -0.05) is 0 Å². The van der Waals surface area contributed by atoms with Gasteiger partial charge in [0.2, 0.25) is 5.88 Å². The predicted octanol–water partition coefficient (Wildman–Crippen LogP) is 4.04. The summed E-state index contributed by atoms with van der Waals surface area (Å²) < 4.78 is 18.5. The largest absolute Gasteiger partial charge is 0.476 e. The fraction of sp³-hybridized carbons (Fsp3) is 0.211. The van der Waals surface area contributed by atoms with E-state index >= 15 is 0 Å². The maximum atomic E-state index is 13.0. The highest BCUT2D eigenvalue weighted by molar-refractivity contribution is 6.05. The number of carbonyl (C=O) groups excluding carboxylic acids is 1. The lowest BCUT2D eigenvalue weighted by molar-refractivity contribution is 0.101. The van der Waals surface area contributed by atoms with E-state index in [0.717, 1.165) is 11.1 Å². The fourth-order valence-electron chi connectivity index (χ4n) is 2.40. The van der Waals surface area contributed by atoms with E-state index in [4.69, 9.17) is 4.74 Å². The van der Waals surface area contributed by atoms with E-state index in [9.17, 15) is 9.18 Å². The van der Waals surface area contributed by atoms with Crippen LogP contribution in [0.2, 0.25) is 0 Å². The van der Waals surface area contributed by atoms with Gasteiger partial charge >= 0.3 is 0 Å². The first-order valence-corrected chi connectivity index (χ1v) is 7.96. The molecule has 5 nitrogen and oxygen atoms in total. The first-order chi connectivity index (χ1) is 12.0. The number of fused-ring (bicyclic) bond motifs is 1. The number of hydrogen-bond donors (Lipinski definition) is 1. The van der Waals surface area contributed by atoms with E-state index in [1.54, 1.807) is 0 Å². The number of nitrogens with one attached hydrogen (secondary N) is 1. The summed E-state index contributed by atoms with van der Waals surface area (Å²) >= 11 is 0. The molecule has 2 aromatic carbocycles. The lowest BCUT2D eigenvalue weighted by Crippen LogP contribution is -2.16. The van der Waals surface area contributed by atoms with Gasteiger partial charge in [-0.15, -0.1) is 0 Å². The molecule has 1 amide bonds. The molecular weight excluding hydrogens is 321 g/mol. The average molecular weight is 339 g/mol. The smallest absolute Gasteiger partial charge is 0.279 e. The van der Waals surface area contributed by atoms with Gasteiger partial charge in [-0.2, -0.15) is 0 Å². The summed E-state index contributed by atoms with van der Waals surface area (Å²) in [7, 11) is 0. The van der Waals surface area contributed by atoms with Crippen LogP contribution in [-0.4, -0.2) is 22.5 Å². The van der Waals surface area contributed by atoms with Gasteiger partial charge in [-0.05, 0) is 68.3 Å². The van der Waals surface area contributed by atoms with Crippen LogP contribution >= 0.6 is 0 Å². The van der Waals surface area contributed by atoms with Crippen molar-refractivity contribution in [2.75, 3.05) is 11.9 Å². The monoisotopic (exact) mass is 339 g/mol. The van der Waals surface area contributed by atoms with Gasteiger partial charge in [-0.3, -0.25) is 4.79 Å². The second-order valence-corrected chi connectivity index (χ2v) is 5.70. The van der Waals surface area contributed by atoms with Crippen LogP contribution < -0.4 is 10.1 Å². The summed E-state index contributed by atoms with van der Waals surface area (Å²) in [5, 5.41) is 2.69. The second kappa shape index (κ2) is 6.84. The molecule has 0 unspecified atom stereocenters. The van der Waals surface area contributed by atoms with Crippen LogP contribution in [0.25, 0.3) is 11.0 Å². The average Bonchev–Trinajstić information content (AvgIpc) is 2.58. The van der Waals surface area contributed by atoms with Crippen molar-refractivity contribution in [3.8, 4) is 5.88 Å². The van der Waals surface area contributed by atoms with Crippen LogP contribution in [0.5, 0.6) is 5.88 Å². The number of nitrogens with zero attached hydrogens (tertiary/aromatic N) is 2. The number of halogens is 1. The Morgan fingerprint density at radius 1 is 1.08 bits per heavy atom. The normalized spacial score (nSPS) is 10.7. The topological polar surface area (TPSA) is 64.1 Å². The molecular formula is C19H18FN3O2. The van der Waals surface area contributed by atoms with E-state index in [0.29, 0.717) is 23.3 Å². The van der Waals surface area contributed by atoms with Crippen molar-refractivity contribution >= 4 is 22.6 Å². The highest BCUT2D eigenvalue weighted by atomic mass is 19.1. The van der Waals surface area contributed by atoms with Gasteiger partial charge in [0.25, 0.3) is 5.91 Å². The molecule has 6 heteroatoms. The Morgan fingerprint density at radius 3 is 2.28 bits per heavy atom. The summed E-state index contributed by atoms with van der Waals surface area (Å²) in [6.45, 7) is 6.15. The van der Waals surface area contributed by atoms with Crippen LogP contribution in [-0.2, 0) is 0 Å². The van der Waals surface area contributed by atoms with Crippen molar-refractivity contribution in [3.05, 3.63) is 59.0 Å². The van der Waals surface area contributed by atoms with E-state index in [1.165, 1.54) is 24.3 Å². The SMILES string of the molecule is CCOc1nc2cc(C)c(C)cc2nc1C(=O)Nc1ccc(F)cc1. The zero-order valence-electron chi connectivity index (χ0n) is 14.3. The molecule has 1 aromatic heterocycles. The molecule has 0 fully saturated rings. The molecule has 0 aliphatic heterocycles. The molecule has 0 radical (unpaired) electrons. The van der Waals surface area contributed by atoms with E-state index in [-0.39, 0.29) is 17.4 Å². The highest BCUT2D eigenvalue weighted by Crippen LogP contribution is 2.23. The number of hydrogen-bond acceptors (Lipinski definition) is 4. The quantitative estimate of drug-likeness (QED) is 0.779. The van der Waals surface area contributed by atoms with Gasteiger partial charge < -0.3 is 10.1 Å². The molecule has 3 aromatic rings. The summed E-state index contributed by atoms with van der Waals surface area (Å²) in [5.41, 5.74) is 4.02. The second-order valence-electron chi connectivity index (χ2n) is 5.70. The Kier molecular flexibility index (Phi) is 4.61. The minimum Gasteiger partial charge on any atom is -0.476 e. The molecule has 1 heterocycles. The van der Waals surface area contributed by atoms with Crippen molar-refractivity contribution in [1.29, 1.82) is 0 Å². The molecule has 0 saturated heterocycles. The molecule has 0 bridgehead atoms. The van der Waals surface area contributed by atoms with E-state index in [2.05, 4.69) is 15.3 Å². The molecule has 0 spiro atoms. The molecule has 128 valence electrons. The number of benzene rings is 2. The minimum atomic E-state index is -0.456. The predicted molar refractivity (Wildman–Crippen MR) is 94.5 cm³/mol. The van der Waals surface area contributed by atoms with Gasteiger partial charge in [0.1, 0.15) is 5.82 Å². The fourth-order valence-corrected chi connectivity index (χ4v) is 2.40. The number of ether oxygens (including phenoxy) is 1. The molecule has 25 heavy (non-hydrogen) atoms. The standard InChI is InChI=1S/C19H18FN3O2/c1-4-25-19-17(18(24)21-14-7-5-13(20)6-8-14)22-15-9-11(2)12(3)10-16(15)23-19/h5-10H,4H2,1-3H3,(H,21,24). The first kappa shape index (κ1) is 16.8. The van der Waals surface area contributed by atoms with Crippen LogP contribution in [0.3, 0.4) is 0 Å². The number of aromatic nitrogens is 2. The Balaban J connectivity index is 2.02. The summed E-state index contributed by atoms with van der Waals surface area (Å²) in [5.74, 6) is -0.648. The van der Waals surface area contributed by atoms with Crippen LogP contribution in [0.15, 0.2) is 36.4 Å². The Morgan fingerprint density at radius 2 is 1.68 bits per heavy atom. The number of amides is 1. The maximum absolute atomic E-state index is 13.0. The Bertz CT molecular complexity index is 940. The summed E-state index contributed by atoms with van der Waals surface area (Å²) in [6.07, 6.45) is 0. The third-order valence-electron chi connectivity index (χ3n) is 3.85. The molecule has 0 aliphatic carbocycles. The zero-order valence-corrected chi connectivity index (χ0v) is 14.3. The van der Waals surface area contributed by atoms with Crippen molar-refractivity contribution in [1.82, 2.24) is 9.97 Å². The van der Waals surface area contributed by atoms with Crippen LogP contribution in [0.4, 0.5) is 10.1 Å². The summed E-state index contributed by atoms with van der Waals surface area (Å²) in [4.78, 5) is 21.5. The number of carbonyl (C=O) groups is 1. The third kappa shape index (κ3) is 3.57. The highest BCUT2D eigenvalue weighted by Gasteiger charge is 2.18. The van der Waals surface area contributed by atoms with E-state index in [1.807, 2.05) is 32.9 Å². The molecule has 0 saturated carbocycles. The Labute approximate surface area is 144 Å². The lowest BCUT2D eigenvalue weighted by Gasteiger charge is -2.11. The van der Waals surface area contributed by atoms with Crippen molar-refractivity contribution in [2.45, 2.75) is 20.8 Å². The van der Waals surface area contributed by atoms with Crippen LogP contribution in [0, 0.1) is 19.7 Å². The molecule has 0 aliphatic rings. The van der Waals surface area contributed by atoms with Crippen molar-refractivity contribution in [2.24, 2.45) is 0 Å². The first-order valence-electron chi connectivity index (χ1n) is 7.96. The van der Waals surface area contributed by atoms with Crippen LogP contribution in [0.1, 0.15) is 28.5 Å². The van der Waals surface area contributed by atoms with Gasteiger partial charge in [0, 0.05) is 5.69 Å². The lowest BCUT2D eigenvalue weighted by atomic mass is 10.1. The third-order valence-corrected chi connectivity index (χ3v) is 3.85. The minimum absolute atomic E-state index is 0.0990.